The molecule has 1 aromatic rings. The van der Waals surface area contributed by atoms with Crippen LogP contribution in [0, 0.1) is 5.92 Å². The highest BCUT2D eigenvalue weighted by Gasteiger charge is 2.27. The van der Waals surface area contributed by atoms with Crippen LogP contribution < -0.4 is 10.2 Å². The van der Waals surface area contributed by atoms with E-state index in [0.29, 0.717) is 36.8 Å². The van der Waals surface area contributed by atoms with Crippen LogP contribution in [-0.4, -0.2) is 53.5 Å². The van der Waals surface area contributed by atoms with Crippen molar-refractivity contribution in [1.82, 2.24) is 4.90 Å². The summed E-state index contributed by atoms with van der Waals surface area (Å²) in [5.41, 5.74) is -0.0289. The summed E-state index contributed by atoms with van der Waals surface area (Å²) in [7, 11) is -1.46. The van der Waals surface area contributed by atoms with Crippen LogP contribution in [-0.2, 0) is 4.74 Å². The van der Waals surface area contributed by atoms with Crippen LogP contribution in [0.2, 0.25) is 0 Å². The van der Waals surface area contributed by atoms with Crippen LogP contribution in [0.1, 0.15) is 33.6 Å². The van der Waals surface area contributed by atoms with Crippen LogP contribution in [0.15, 0.2) is 24.3 Å². The largest absolute Gasteiger partial charge is 0.493 e. The normalized spacial score (nSPS) is 16.0. The SMILES string of the molecule is CC(C)(C)OC(=O)N1CCC(COc2ccc(B(O)O)cc2)CC1. The van der Waals surface area contributed by atoms with Crippen LogP contribution in [0.25, 0.3) is 0 Å². The lowest BCUT2D eigenvalue weighted by atomic mass is 9.80. The van der Waals surface area contributed by atoms with Crippen LogP contribution in [0.4, 0.5) is 4.79 Å². The van der Waals surface area contributed by atoms with Gasteiger partial charge in [0.25, 0.3) is 0 Å². The van der Waals surface area contributed by atoms with Gasteiger partial charge < -0.3 is 24.4 Å². The maximum atomic E-state index is 12.0. The third-order valence-electron chi connectivity index (χ3n) is 3.93. The Bertz CT molecular complexity index is 533. The summed E-state index contributed by atoms with van der Waals surface area (Å²) < 4.78 is 11.1. The molecule has 1 fully saturated rings. The van der Waals surface area contributed by atoms with E-state index in [2.05, 4.69) is 0 Å². The highest BCUT2D eigenvalue weighted by molar-refractivity contribution is 6.58. The second kappa shape index (κ2) is 7.90. The molecule has 6 nitrogen and oxygen atoms in total. The fourth-order valence-corrected chi connectivity index (χ4v) is 2.56. The van der Waals surface area contributed by atoms with Crippen molar-refractivity contribution in [1.29, 1.82) is 0 Å². The first kappa shape index (κ1) is 18.6. The van der Waals surface area contributed by atoms with E-state index in [0.717, 1.165) is 12.8 Å². The minimum absolute atomic E-state index is 0.250. The quantitative estimate of drug-likeness (QED) is 0.813. The lowest BCUT2D eigenvalue weighted by Gasteiger charge is -2.33. The highest BCUT2D eigenvalue weighted by atomic mass is 16.6. The van der Waals surface area contributed by atoms with Gasteiger partial charge in [-0.3, -0.25) is 0 Å². The molecule has 0 aliphatic carbocycles. The summed E-state index contributed by atoms with van der Waals surface area (Å²) >= 11 is 0. The molecular formula is C17H26BNO5. The molecule has 2 N–H and O–H groups in total. The van der Waals surface area contributed by atoms with Crippen molar-refractivity contribution in [2.24, 2.45) is 5.92 Å². The van der Waals surface area contributed by atoms with Crippen LogP contribution in [0.5, 0.6) is 5.75 Å². The van der Waals surface area contributed by atoms with E-state index in [9.17, 15) is 4.79 Å². The summed E-state index contributed by atoms with van der Waals surface area (Å²) in [4.78, 5) is 13.8. The minimum atomic E-state index is -1.46. The van der Waals surface area contributed by atoms with Gasteiger partial charge in [0.05, 0.1) is 6.61 Å². The van der Waals surface area contributed by atoms with Gasteiger partial charge >= 0.3 is 13.2 Å². The predicted molar refractivity (Wildman–Crippen MR) is 92.3 cm³/mol. The van der Waals surface area contributed by atoms with Crippen molar-refractivity contribution in [3.05, 3.63) is 24.3 Å². The number of hydrogen-bond acceptors (Lipinski definition) is 5. The van der Waals surface area contributed by atoms with E-state index in [1.54, 1.807) is 29.2 Å². The molecular weight excluding hydrogens is 309 g/mol. The zero-order valence-corrected chi connectivity index (χ0v) is 14.6. The van der Waals surface area contributed by atoms with Gasteiger partial charge in [0.15, 0.2) is 0 Å². The smallest absolute Gasteiger partial charge is 0.488 e. The molecule has 1 saturated heterocycles. The van der Waals surface area contributed by atoms with Gasteiger partial charge in [0.2, 0.25) is 0 Å². The number of carbonyl (C=O) groups excluding carboxylic acids is 1. The maximum absolute atomic E-state index is 12.0. The van der Waals surface area contributed by atoms with E-state index in [1.165, 1.54) is 0 Å². The number of carbonyl (C=O) groups is 1. The lowest BCUT2D eigenvalue weighted by molar-refractivity contribution is 0.0165. The molecule has 0 atom stereocenters. The number of likely N-dealkylation sites (tertiary alicyclic amines) is 1. The van der Waals surface area contributed by atoms with Gasteiger partial charge in [-0.25, -0.2) is 4.79 Å². The topological polar surface area (TPSA) is 79.2 Å². The molecule has 24 heavy (non-hydrogen) atoms. The molecule has 2 rings (SSSR count). The van der Waals surface area contributed by atoms with Crippen molar-refractivity contribution in [2.75, 3.05) is 19.7 Å². The first-order valence-corrected chi connectivity index (χ1v) is 8.31. The summed E-state index contributed by atoms with van der Waals surface area (Å²) in [6.45, 7) is 7.55. The molecule has 1 aromatic carbocycles. The minimum Gasteiger partial charge on any atom is -0.493 e. The Balaban J connectivity index is 1.74. The fourth-order valence-electron chi connectivity index (χ4n) is 2.56. The zero-order chi connectivity index (χ0) is 17.7. The summed E-state index contributed by atoms with van der Waals surface area (Å²) in [6, 6.07) is 6.71. The predicted octanol–water partition coefficient (Wildman–Crippen LogP) is 1.39. The van der Waals surface area contributed by atoms with E-state index in [1.807, 2.05) is 20.8 Å². The molecule has 0 unspecified atom stereocenters. The molecule has 0 radical (unpaired) electrons. The van der Waals surface area contributed by atoms with Crippen LogP contribution >= 0.6 is 0 Å². The van der Waals surface area contributed by atoms with Gasteiger partial charge in [0.1, 0.15) is 11.4 Å². The summed E-state index contributed by atoms with van der Waals surface area (Å²) in [5, 5.41) is 18.1. The van der Waals surface area contributed by atoms with Crippen molar-refractivity contribution < 1.29 is 24.3 Å². The van der Waals surface area contributed by atoms with Gasteiger partial charge in [0, 0.05) is 13.1 Å². The molecule has 1 aliphatic rings. The molecule has 0 bridgehead atoms. The Kier molecular flexibility index (Phi) is 6.13. The van der Waals surface area contributed by atoms with Crippen molar-refractivity contribution in [3.63, 3.8) is 0 Å². The maximum Gasteiger partial charge on any atom is 0.488 e. The van der Waals surface area contributed by atoms with Crippen molar-refractivity contribution in [2.45, 2.75) is 39.2 Å². The van der Waals surface area contributed by atoms with Crippen molar-refractivity contribution >= 4 is 18.7 Å². The number of nitrogens with zero attached hydrogens (tertiary/aromatic N) is 1. The number of ether oxygens (including phenoxy) is 2. The summed E-state index contributed by atoms with van der Waals surface area (Å²) in [5.74, 6) is 1.10. The van der Waals surface area contributed by atoms with E-state index in [4.69, 9.17) is 19.5 Å². The number of hydrogen-bond donors (Lipinski definition) is 2. The average Bonchev–Trinajstić information content (AvgIpc) is 2.52. The molecule has 132 valence electrons. The first-order valence-electron chi connectivity index (χ1n) is 8.31. The lowest BCUT2D eigenvalue weighted by Crippen LogP contribution is -2.42. The molecule has 0 spiro atoms. The van der Waals surface area contributed by atoms with E-state index >= 15 is 0 Å². The number of benzene rings is 1. The Morgan fingerprint density at radius 2 is 1.79 bits per heavy atom. The highest BCUT2D eigenvalue weighted by Crippen LogP contribution is 2.21. The summed E-state index contributed by atoms with van der Waals surface area (Å²) in [6.07, 6.45) is 1.51. The molecule has 1 aliphatic heterocycles. The molecule has 0 saturated carbocycles. The average molecular weight is 335 g/mol. The van der Waals surface area contributed by atoms with E-state index < -0.39 is 12.7 Å². The second-order valence-corrected chi connectivity index (χ2v) is 7.16. The number of rotatable bonds is 4. The molecule has 0 aromatic heterocycles. The Morgan fingerprint density at radius 3 is 2.29 bits per heavy atom. The fraction of sp³-hybridized carbons (Fsp3) is 0.588. The third-order valence-corrected chi connectivity index (χ3v) is 3.93. The van der Waals surface area contributed by atoms with E-state index in [-0.39, 0.29) is 6.09 Å². The van der Waals surface area contributed by atoms with Gasteiger partial charge in [-0.15, -0.1) is 0 Å². The molecule has 1 amide bonds. The van der Waals surface area contributed by atoms with Gasteiger partial charge in [-0.1, -0.05) is 12.1 Å². The van der Waals surface area contributed by atoms with Gasteiger partial charge in [-0.05, 0) is 57.1 Å². The monoisotopic (exact) mass is 335 g/mol. The van der Waals surface area contributed by atoms with Gasteiger partial charge in [-0.2, -0.15) is 0 Å². The number of piperidine rings is 1. The molecule has 7 heteroatoms. The zero-order valence-electron chi connectivity index (χ0n) is 14.6. The second-order valence-electron chi connectivity index (χ2n) is 7.16. The Morgan fingerprint density at radius 1 is 1.21 bits per heavy atom. The first-order chi connectivity index (χ1) is 11.2. The third kappa shape index (κ3) is 5.72. The van der Waals surface area contributed by atoms with Crippen molar-refractivity contribution in [3.8, 4) is 5.75 Å². The van der Waals surface area contributed by atoms with Crippen LogP contribution in [0.3, 0.4) is 0 Å². The molecule has 1 heterocycles. The standard InChI is InChI=1S/C17H26BNO5/c1-17(2,3)24-16(20)19-10-8-13(9-11-19)12-23-15-6-4-14(5-7-15)18(21)22/h4-7,13,21-22H,8-12H2,1-3H3. The Labute approximate surface area is 143 Å². The number of amides is 1. The Hall–Kier alpha value is -1.73.